The average molecular weight is 248 g/mol. The first kappa shape index (κ1) is 13.9. The topological polar surface area (TPSA) is 49.4 Å². The van der Waals surface area contributed by atoms with Gasteiger partial charge in [0.1, 0.15) is 0 Å². The minimum absolute atomic E-state index is 0.558. The molecule has 0 aromatic heterocycles. The van der Waals surface area contributed by atoms with Gasteiger partial charge in [-0.25, -0.2) is 12.7 Å². The summed E-state index contributed by atoms with van der Waals surface area (Å²) in [4.78, 5) is 0. The summed E-state index contributed by atoms with van der Waals surface area (Å²) in [7, 11) is -2.98. The van der Waals surface area contributed by atoms with Crippen molar-refractivity contribution in [3.63, 3.8) is 0 Å². The lowest BCUT2D eigenvalue weighted by atomic mass is 9.95. The molecule has 0 aliphatic carbocycles. The highest BCUT2D eigenvalue weighted by Gasteiger charge is 2.25. The molecule has 0 aromatic rings. The van der Waals surface area contributed by atoms with E-state index in [0.717, 1.165) is 38.9 Å². The lowest BCUT2D eigenvalue weighted by Gasteiger charge is -2.30. The van der Waals surface area contributed by atoms with Crippen LogP contribution in [0.3, 0.4) is 0 Å². The zero-order valence-corrected chi connectivity index (χ0v) is 11.2. The predicted molar refractivity (Wildman–Crippen MR) is 66.9 cm³/mol. The Labute approximate surface area is 99.5 Å². The Bertz CT molecular complexity index is 290. The smallest absolute Gasteiger partial charge is 0.211 e. The van der Waals surface area contributed by atoms with Gasteiger partial charge in [0.05, 0.1) is 6.26 Å². The molecule has 0 aromatic carbocycles. The molecule has 16 heavy (non-hydrogen) atoms. The van der Waals surface area contributed by atoms with Crippen LogP contribution < -0.4 is 5.32 Å². The summed E-state index contributed by atoms with van der Waals surface area (Å²) in [5.74, 6) is 0.558. The second-order valence-corrected chi connectivity index (χ2v) is 6.61. The molecule has 0 spiro atoms. The number of nitrogens with zero attached hydrogens (tertiary/aromatic N) is 1. The van der Waals surface area contributed by atoms with Crippen molar-refractivity contribution >= 4 is 10.0 Å². The van der Waals surface area contributed by atoms with Crippen LogP contribution in [0.25, 0.3) is 0 Å². The molecule has 1 fully saturated rings. The molecule has 1 atom stereocenters. The number of sulfonamides is 1. The van der Waals surface area contributed by atoms with Gasteiger partial charge in [0.25, 0.3) is 0 Å². The average Bonchev–Trinajstić information content (AvgIpc) is 2.24. The van der Waals surface area contributed by atoms with Gasteiger partial charge < -0.3 is 5.32 Å². The van der Waals surface area contributed by atoms with E-state index in [4.69, 9.17) is 0 Å². The normalized spacial score (nSPS) is 23.5. The van der Waals surface area contributed by atoms with Crippen LogP contribution in [0.15, 0.2) is 0 Å². The van der Waals surface area contributed by atoms with E-state index in [9.17, 15) is 8.42 Å². The van der Waals surface area contributed by atoms with Gasteiger partial charge in [0.2, 0.25) is 10.0 Å². The van der Waals surface area contributed by atoms with Crippen LogP contribution in [0, 0.1) is 5.92 Å². The molecule has 5 heteroatoms. The molecule has 1 aliphatic heterocycles. The van der Waals surface area contributed by atoms with Crippen molar-refractivity contribution in [2.45, 2.75) is 32.6 Å². The molecule has 1 aliphatic rings. The third-order valence-electron chi connectivity index (χ3n) is 3.17. The maximum atomic E-state index is 11.4. The summed E-state index contributed by atoms with van der Waals surface area (Å²) in [5, 5.41) is 3.30. The first-order valence-electron chi connectivity index (χ1n) is 6.20. The van der Waals surface area contributed by atoms with Crippen LogP contribution in [-0.2, 0) is 10.0 Å². The fourth-order valence-corrected chi connectivity index (χ4v) is 3.20. The van der Waals surface area contributed by atoms with E-state index in [2.05, 4.69) is 12.2 Å². The second-order valence-electron chi connectivity index (χ2n) is 4.63. The second kappa shape index (κ2) is 6.57. The molecule has 1 heterocycles. The van der Waals surface area contributed by atoms with E-state index in [1.165, 1.54) is 12.7 Å². The monoisotopic (exact) mass is 248 g/mol. The fraction of sp³-hybridized carbons (Fsp3) is 1.00. The summed E-state index contributed by atoms with van der Waals surface area (Å²) in [6.07, 6.45) is 5.79. The zero-order valence-electron chi connectivity index (χ0n) is 10.4. The summed E-state index contributed by atoms with van der Waals surface area (Å²) < 4.78 is 24.5. The van der Waals surface area contributed by atoms with Gasteiger partial charge in [0, 0.05) is 13.1 Å². The minimum atomic E-state index is -2.98. The lowest BCUT2D eigenvalue weighted by molar-refractivity contribution is 0.253. The number of hydrogen-bond acceptors (Lipinski definition) is 3. The van der Waals surface area contributed by atoms with Crippen molar-refractivity contribution in [1.82, 2.24) is 9.62 Å². The highest BCUT2D eigenvalue weighted by molar-refractivity contribution is 7.88. The molecule has 0 amide bonds. The highest BCUT2D eigenvalue weighted by atomic mass is 32.2. The van der Waals surface area contributed by atoms with Gasteiger partial charge in [-0.3, -0.25) is 0 Å². The first-order valence-corrected chi connectivity index (χ1v) is 8.04. The minimum Gasteiger partial charge on any atom is -0.317 e. The molecule has 1 rings (SSSR count). The van der Waals surface area contributed by atoms with Crippen molar-refractivity contribution in [2.75, 3.05) is 32.4 Å². The van der Waals surface area contributed by atoms with Crippen LogP contribution in [0.5, 0.6) is 0 Å². The Balaban J connectivity index is 2.28. The number of piperidine rings is 1. The molecular weight excluding hydrogens is 224 g/mol. The third kappa shape index (κ3) is 4.80. The van der Waals surface area contributed by atoms with E-state index < -0.39 is 10.0 Å². The molecule has 1 saturated heterocycles. The van der Waals surface area contributed by atoms with E-state index in [0.29, 0.717) is 12.5 Å². The zero-order chi connectivity index (χ0) is 12.0. The molecule has 0 saturated carbocycles. The molecule has 0 radical (unpaired) electrons. The molecule has 0 bridgehead atoms. The van der Waals surface area contributed by atoms with Crippen molar-refractivity contribution in [3.8, 4) is 0 Å². The summed E-state index contributed by atoms with van der Waals surface area (Å²) >= 11 is 0. The van der Waals surface area contributed by atoms with Crippen molar-refractivity contribution in [3.05, 3.63) is 0 Å². The number of rotatable bonds is 6. The lowest BCUT2D eigenvalue weighted by Crippen LogP contribution is -2.39. The summed E-state index contributed by atoms with van der Waals surface area (Å²) in [6, 6.07) is 0. The highest BCUT2D eigenvalue weighted by Crippen LogP contribution is 2.22. The van der Waals surface area contributed by atoms with Crippen LogP contribution in [0.1, 0.15) is 32.6 Å². The van der Waals surface area contributed by atoms with Crippen molar-refractivity contribution in [1.29, 1.82) is 0 Å². The van der Waals surface area contributed by atoms with Crippen LogP contribution in [0.4, 0.5) is 0 Å². The fourth-order valence-electron chi connectivity index (χ4n) is 2.26. The van der Waals surface area contributed by atoms with Crippen LogP contribution >= 0.6 is 0 Å². The Morgan fingerprint density at radius 1 is 1.44 bits per heavy atom. The van der Waals surface area contributed by atoms with Gasteiger partial charge in [-0.05, 0) is 44.7 Å². The quantitative estimate of drug-likeness (QED) is 0.715. The van der Waals surface area contributed by atoms with Gasteiger partial charge in [-0.15, -0.1) is 0 Å². The first-order chi connectivity index (χ1) is 7.54. The Hall–Kier alpha value is -0.130. The molecule has 96 valence electrons. The van der Waals surface area contributed by atoms with E-state index in [-0.39, 0.29) is 0 Å². The van der Waals surface area contributed by atoms with Crippen LogP contribution in [0.2, 0.25) is 0 Å². The summed E-state index contributed by atoms with van der Waals surface area (Å²) in [5.41, 5.74) is 0. The standard InChI is InChI=1S/C11H24N2O2S/c1-3-12-8-4-6-11-7-5-9-13(10-11)16(2,14)15/h11-12H,3-10H2,1-2H3. The van der Waals surface area contributed by atoms with Crippen LogP contribution in [-0.4, -0.2) is 45.2 Å². The molecule has 1 unspecified atom stereocenters. The summed E-state index contributed by atoms with van der Waals surface area (Å²) in [6.45, 7) is 5.60. The van der Waals surface area contributed by atoms with Crippen molar-refractivity contribution < 1.29 is 8.42 Å². The Morgan fingerprint density at radius 3 is 2.81 bits per heavy atom. The van der Waals surface area contributed by atoms with E-state index in [1.54, 1.807) is 4.31 Å². The third-order valence-corrected chi connectivity index (χ3v) is 4.44. The van der Waals surface area contributed by atoms with Gasteiger partial charge in [-0.2, -0.15) is 0 Å². The van der Waals surface area contributed by atoms with Gasteiger partial charge in [-0.1, -0.05) is 6.92 Å². The van der Waals surface area contributed by atoms with E-state index >= 15 is 0 Å². The SMILES string of the molecule is CCNCCCC1CCCN(S(C)(=O)=O)C1. The predicted octanol–water partition coefficient (Wildman–Crippen LogP) is 1.05. The maximum Gasteiger partial charge on any atom is 0.211 e. The Kier molecular flexibility index (Phi) is 5.72. The van der Waals surface area contributed by atoms with Gasteiger partial charge in [0.15, 0.2) is 0 Å². The van der Waals surface area contributed by atoms with Gasteiger partial charge >= 0.3 is 0 Å². The molecule has 1 N–H and O–H groups in total. The van der Waals surface area contributed by atoms with E-state index in [1.807, 2.05) is 0 Å². The molecule has 4 nitrogen and oxygen atoms in total. The molecular formula is C11H24N2O2S. The Morgan fingerprint density at radius 2 is 2.19 bits per heavy atom. The van der Waals surface area contributed by atoms with Crippen molar-refractivity contribution in [2.24, 2.45) is 5.92 Å². The largest absolute Gasteiger partial charge is 0.317 e. The maximum absolute atomic E-state index is 11.4. The number of nitrogens with one attached hydrogen (secondary N) is 1. The number of hydrogen-bond donors (Lipinski definition) is 1.